The predicted octanol–water partition coefficient (Wildman–Crippen LogP) is 2.93. The Kier molecular flexibility index (Phi) is 7.45. The Labute approximate surface area is 142 Å². The van der Waals surface area contributed by atoms with E-state index in [2.05, 4.69) is 5.32 Å². The van der Waals surface area contributed by atoms with Gasteiger partial charge < -0.3 is 10.2 Å². The van der Waals surface area contributed by atoms with Crippen LogP contribution in [0.3, 0.4) is 0 Å². The standard InChI is InChI=1S/C16H23N3O3.ClH/c1-3-10-18(14-6-8-17-9-7-14)16(20)13-5-4-12(2)15(11-13)19(21)22;/h4-5,11,14,17H,3,6-10H2,1-2H3;1H. The minimum atomic E-state index is -0.430. The van der Waals surface area contributed by atoms with Crippen LogP contribution >= 0.6 is 12.4 Å². The molecule has 1 aliphatic rings. The molecule has 6 nitrogen and oxygen atoms in total. The summed E-state index contributed by atoms with van der Waals surface area (Å²) in [5.74, 6) is -0.100. The third-order valence-corrected chi connectivity index (χ3v) is 4.13. The van der Waals surface area contributed by atoms with Gasteiger partial charge in [-0.15, -0.1) is 12.4 Å². The van der Waals surface area contributed by atoms with E-state index in [1.54, 1.807) is 19.1 Å². The Morgan fingerprint density at radius 2 is 2.04 bits per heavy atom. The maximum atomic E-state index is 12.8. The Morgan fingerprint density at radius 1 is 1.39 bits per heavy atom. The fraction of sp³-hybridized carbons (Fsp3) is 0.562. The first kappa shape index (κ1) is 19.4. The number of nitro benzene ring substituents is 1. The van der Waals surface area contributed by atoms with Gasteiger partial charge in [0, 0.05) is 29.8 Å². The molecule has 0 spiro atoms. The van der Waals surface area contributed by atoms with Crippen molar-refractivity contribution in [3.63, 3.8) is 0 Å². The molecule has 1 aromatic carbocycles. The van der Waals surface area contributed by atoms with Crippen molar-refractivity contribution < 1.29 is 9.72 Å². The SMILES string of the molecule is CCCN(C(=O)c1ccc(C)c([N+](=O)[O-])c1)C1CCNCC1.Cl. The number of nitrogens with zero attached hydrogens (tertiary/aromatic N) is 2. The van der Waals surface area contributed by atoms with Crippen LogP contribution in [-0.2, 0) is 0 Å². The fourth-order valence-corrected chi connectivity index (χ4v) is 2.91. The number of benzene rings is 1. The average molecular weight is 342 g/mol. The van der Waals surface area contributed by atoms with Crippen LogP contribution < -0.4 is 5.32 Å². The van der Waals surface area contributed by atoms with Gasteiger partial charge >= 0.3 is 0 Å². The molecule has 128 valence electrons. The molecule has 1 fully saturated rings. The zero-order chi connectivity index (χ0) is 16.1. The van der Waals surface area contributed by atoms with E-state index in [0.717, 1.165) is 32.4 Å². The summed E-state index contributed by atoms with van der Waals surface area (Å²) in [4.78, 5) is 25.3. The van der Waals surface area contributed by atoms with E-state index >= 15 is 0 Å². The van der Waals surface area contributed by atoms with Crippen LogP contribution in [0.1, 0.15) is 42.1 Å². The minimum absolute atomic E-state index is 0. The summed E-state index contributed by atoms with van der Waals surface area (Å²) >= 11 is 0. The van der Waals surface area contributed by atoms with Gasteiger partial charge in [0.05, 0.1) is 4.92 Å². The van der Waals surface area contributed by atoms with Crippen molar-refractivity contribution in [2.75, 3.05) is 19.6 Å². The predicted molar refractivity (Wildman–Crippen MR) is 92.3 cm³/mol. The highest BCUT2D eigenvalue weighted by atomic mass is 35.5. The summed E-state index contributed by atoms with van der Waals surface area (Å²) in [7, 11) is 0. The number of nitro groups is 1. The Morgan fingerprint density at radius 3 is 2.61 bits per heavy atom. The molecule has 1 N–H and O–H groups in total. The number of hydrogen-bond acceptors (Lipinski definition) is 4. The molecule has 0 aromatic heterocycles. The van der Waals surface area contributed by atoms with Crippen LogP contribution in [0, 0.1) is 17.0 Å². The summed E-state index contributed by atoms with van der Waals surface area (Å²) in [6, 6.07) is 4.96. The number of carbonyl (C=O) groups excluding carboxylic acids is 1. The van der Waals surface area contributed by atoms with E-state index in [9.17, 15) is 14.9 Å². The molecule has 0 saturated carbocycles. The molecule has 0 radical (unpaired) electrons. The molecule has 1 heterocycles. The Bertz CT molecular complexity index is 560. The number of rotatable bonds is 5. The number of aryl methyl sites for hydroxylation is 1. The molecule has 0 aliphatic carbocycles. The van der Waals surface area contributed by atoms with Gasteiger partial charge in [0.25, 0.3) is 11.6 Å². The van der Waals surface area contributed by atoms with Gasteiger partial charge in [-0.2, -0.15) is 0 Å². The molecular weight excluding hydrogens is 318 g/mol. The van der Waals surface area contributed by atoms with Gasteiger partial charge in [0.15, 0.2) is 0 Å². The number of amides is 1. The summed E-state index contributed by atoms with van der Waals surface area (Å²) in [5, 5.41) is 14.4. The van der Waals surface area contributed by atoms with Crippen molar-refractivity contribution in [1.82, 2.24) is 10.2 Å². The molecule has 1 saturated heterocycles. The summed E-state index contributed by atoms with van der Waals surface area (Å²) in [6.07, 6.45) is 2.74. The third kappa shape index (κ3) is 4.65. The Balaban J connectivity index is 0.00000264. The monoisotopic (exact) mass is 341 g/mol. The van der Waals surface area contributed by atoms with Gasteiger partial charge in [-0.05, 0) is 45.3 Å². The number of hydrogen-bond donors (Lipinski definition) is 1. The second-order valence-corrected chi connectivity index (χ2v) is 5.74. The van der Waals surface area contributed by atoms with Gasteiger partial charge in [0.1, 0.15) is 0 Å². The largest absolute Gasteiger partial charge is 0.336 e. The first-order valence-corrected chi connectivity index (χ1v) is 7.81. The average Bonchev–Trinajstić information content (AvgIpc) is 2.53. The molecule has 0 bridgehead atoms. The summed E-state index contributed by atoms with van der Waals surface area (Å²) in [5.41, 5.74) is 0.988. The lowest BCUT2D eigenvalue weighted by Crippen LogP contribution is -2.46. The minimum Gasteiger partial charge on any atom is -0.336 e. The number of nitrogens with one attached hydrogen (secondary N) is 1. The second kappa shape index (κ2) is 8.84. The van der Waals surface area contributed by atoms with E-state index in [0.29, 0.717) is 17.7 Å². The smallest absolute Gasteiger partial charge is 0.273 e. The van der Waals surface area contributed by atoms with E-state index in [1.807, 2.05) is 11.8 Å². The lowest BCUT2D eigenvalue weighted by atomic mass is 10.0. The van der Waals surface area contributed by atoms with Crippen molar-refractivity contribution in [2.24, 2.45) is 0 Å². The zero-order valence-electron chi connectivity index (χ0n) is 13.6. The van der Waals surface area contributed by atoms with Gasteiger partial charge in [-0.1, -0.05) is 13.0 Å². The van der Waals surface area contributed by atoms with Crippen LogP contribution in [0.4, 0.5) is 5.69 Å². The molecule has 1 aliphatic heterocycles. The van der Waals surface area contributed by atoms with Crippen LogP contribution in [-0.4, -0.2) is 41.4 Å². The molecular formula is C16H24ClN3O3. The first-order valence-electron chi connectivity index (χ1n) is 7.81. The summed E-state index contributed by atoms with van der Waals surface area (Å²) in [6.45, 7) is 6.23. The van der Waals surface area contributed by atoms with Gasteiger partial charge in [-0.25, -0.2) is 0 Å². The van der Waals surface area contributed by atoms with E-state index in [-0.39, 0.29) is 30.0 Å². The van der Waals surface area contributed by atoms with Crippen LogP contribution in [0.25, 0.3) is 0 Å². The number of carbonyl (C=O) groups is 1. The third-order valence-electron chi connectivity index (χ3n) is 4.13. The molecule has 0 unspecified atom stereocenters. The molecule has 2 rings (SSSR count). The van der Waals surface area contributed by atoms with Crippen molar-refractivity contribution in [1.29, 1.82) is 0 Å². The summed E-state index contributed by atoms with van der Waals surface area (Å²) < 4.78 is 0. The maximum absolute atomic E-state index is 12.8. The van der Waals surface area contributed by atoms with Gasteiger partial charge in [-0.3, -0.25) is 14.9 Å². The highest BCUT2D eigenvalue weighted by Gasteiger charge is 2.26. The molecule has 1 amide bonds. The molecule has 23 heavy (non-hydrogen) atoms. The van der Waals surface area contributed by atoms with Crippen molar-refractivity contribution in [3.05, 3.63) is 39.4 Å². The lowest BCUT2D eigenvalue weighted by Gasteiger charge is -2.34. The fourth-order valence-electron chi connectivity index (χ4n) is 2.91. The van der Waals surface area contributed by atoms with Crippen LogP contribution in [0.2, 0.25) is 0 Å². The molecule has 7 heteroatoms. The highest BCUT2D eigenvalue weighted by Crippen LogP contribution is 2.22. The first-order chi connectivity index (χ1) is 10.5. The van der Waals surface area contributed by atoms with E-state index in [4.69, 9.17) is 0 Å². The topological polar surface area (TPSA) is 75.5 Å². The zero-order valence-corrected chi connectivity index (χ0v) is 14.4. The molecule has 0 atom stereocenters. The number of halogens is 1. The maximum Gasteiger partial charge on any atom is 0.273 e. The second-order valence-electron chi connectivity index (χ2n) is 5.74. The van der Waals surface area contributed by atoms with Crippen LogP contribution in [0.5, 0.6) is 0 Å². The van der Waals surface area contributed by atoms with Crippen LogP contribution in [0.15, 0.2) is 18.2 Å². The molecule has 1 aromatic rings. The van der Waals surface area contributed by atoms with Crippen molar-refractivity contribution >= 4 is 24.0 Å². The van der Waals surface area contributed by atoms with Gasteiger partial charge in [0.2, 0.25) is 0 Å². The van der Waals surface area contributed by atoms with Crippen molar-refractivity contribution in [3.8, 4) is 0 Å². The van der Waals surface area contributed by atoms with Crippen molar-refractivity contribution in [2.45, 2.75) is 39.2 Å². The quantitative estimate of drug-likeness (QED) is 0.660. The highest BCUT2D eigenvalue weighted by molar-refractivity contribution is 5.95. The Hall–Kier alpha value is -1.66. The lowest BCUT2D eigenvalue weighted by molar-refractivity contribution is -0.385. The van der Waals surface area contributed by atoms with E-state index in [1.165, 1.54) is 6.07 Å². The normalized spacial score (nSPS) is 14.9. The van der Waals surface area contributed by atoms with E-state index < -0.39 is 4.92 Å². The number of piperidine rings is 1.